The van der Waals surface area contributed by atoms with Gasteiger partial charge in [0.05, 0.1) is 38.9 Å². The maximum atomic E-state index is 12.6. The zero-order valence-electron chi connectivity index (χ0n) is 17.0. The third kappa shape index (κ3) is 4.88. The fourth-order valence-electron chi connectivity index (χ4n) is 3.41. The molecule has 1 saturated heterocycles. The lowest BCUT2D eigenvalue weighted by Gasteiger charge is -2.30. The van der Waals surface area contributed by atoms with Crippen molar-refractivity contribution >= 4 is 11.9 Å². The van der Waals surface area contributed by atoms with Crippen LogP contribution in [0.1, 0.15) is 25.5 Å². The molecule has 2 aromatic rings. The fraction of sp³-hybridized carbons (Fsp3) is 0.476. The Kier molecular flexibility index (Phi) is 6.74. The van der Waals surface area contributed by atoms with E-state index in [0.29, 0.717) is 55.5 Å². The summed E-state index contributed by atoms with van der Waals surface area (Å²) in [5.41, 5.74) is 1.34. The molecule has 1 aromatic heterocycles. The van der Waals surface area contributed by atoms with Crippen LogP contribution in [0, 0.1) is 5.92 Å². The van der Waals surface area contributed by atoms with Crippen molar-refractivity contribution in [3.63, 3.8) is 0 Å². The quantitative estimate of drug-likeness (QED) is 0.658. The molecule has 0 saturated carbocycles. The highest BCUT2D eigenvalue weighted by atomic mass is 16.5. The van der Waals surface area contributed by atoms with Gasteiger partial charge in [-0.25, -0.2) is 0 Å². The molecule has 0 bridgehead atoms. The van der Waals surface area contributed by atoms with E-state index in [1.165, 1.54) is 0 Å². The van der Waals surface area contributed by atoms with E-state index in [1.54, 1.807) is 44.2 Å². The summed E-state index contributed by atoms with van der Waals surface area (Å²) in [4.78, 5) is 26.2. The topological polar surface area (TPSA) is 91.1 Å². The van der Waals surface area contributed by atoms with Crippen molar-refractivity contribution in [1.82, 2.24) is 10.1 Å². The number of piperidine rings is 1. The van der Waals surface area contributed by atoms with Crippen LogP contribution < -0.4 is 9.47 Å². The fourth-order valence-corrected chi connectivity index (χ4v) is 3.41. The van der Waals surface area contributed by atoms with Crippen molar-refractivity contribution in [1.29, 1.82) is 0 Å². The SMILES string of the molecule is CCOC(=O)C1CCN(C(=O)Cc2cc(-c3ccc(OC)c(OC)c3)on2)CC1. The average Bonchev–Trinajstić information content (AvgIpc) is 3.21. The number of rotatable bonds is 7. The van der Waals surface area contributed by atoms with Gasteiger partial charge in [0, 0.05) is 24.7 Å². The van der Waals surface area contributed by atoms with Gasteiger partial charge in [0.15, 0.2) is 17.3 Å². The van der Waals surface area contributed by atoms with Gasteiger partial charge in [0.2, 0.25) is 5.91 Å². The first-order valence-electron chi connectivity index (χ1n) is 9.68. The Bertz CT molecular complexity index is 855. The molecule has 0 atom stereocenters. The number of amides is 1. The number of likely N-dealkylation sites (tertiary alicyclic amines) is 1. The van der Waals surface area contributed by atoms with Crippen LogP contribution in [0.4, 0.5) is 0 Å². The highest BCUT2D eigenvalue weighted by molar-refractivity contribution is 5.79. The highest BCUT2D eigenvalue weighted by Gasteiger charge is 2.28. The summed E-state index contributed by atoms with van der Waals surface area (Å²) in [6, 6.07) is 7.18. The van der Waals surface area contributed by atoms with Crippen LogP contribution in [0.15, 0.2) is 28.8 Å². The molecule has 1 aliphatic heterocycles. The summed E-state index contributed by atoms with van der Waals surface area (Å²) in [5, 5.41) is 4.02. The number of methoxy groups -OCH3 is 2. The van der Waals surface area contributed by atoms with Crippen LogP contribution >= 0.6 is 0 Å². The lowest BCUT2D eigenvalue weighted by molar-refractivity contribution is -0.151. The number of benzene rings is 1. The predicted octanol–water partition coefficient (Wildman–Crippen LogP) is 2.70. The zero-order valence-corrected chi connectivity index (χ0v) is 17.0. The Hall–Kier alpha value is -3.03. The lowest BCUT2D eigenvalue weighted by atomic mass is 9.96. The minimum Gasteiger partial charge on any atom is -0.493 e. The smallest absolute Gasteiger partial charge is 0.309 e. The van der Waals surface area contributed by atoms with Gasteiger partial charge in [-0.2, -0.15) is 0 Å². The van der Waals surface area contributed by atoms with E-state index in [9.17, 15) is 9.59 Å². The Morgan fingerprint density at radius 3 is 2.52 bits per heavy atom. The van der Waals surface area contributed by atoms with Crippen molar-refractivity contribution in [3.8, 4) is 22.8 Å². The van der Waals surface area contributed by atoms with Gasteiger partial charge in [0.25, 0.3) is 0 Å². The molecule has 3 rings (SSSR count). The monoisotopic (exact) mass is 402 g/mol. The first-order chi connectivity index (χ1) is 14.0. The van der Waals surface area contributed by atoms with Gasteiger partial charge < -0.3 is 23.6 Å². The summed E-state index contributed by atoms with van der Waals surface area (Å²) in [5.74, 6) is 1.44. The number of hydrogen-bond acceptors (Lipinski definition) is 7. The molecule has 1 aromatic carbocycles. The maximum absolute atomic E-state index is 12.6. The van der Waals surface area contributed by atoms with E-state index in [1.807, 2.05) is 6.07 Å². The van der Waals surface area contributed by atoms with E-state index < -0.39 is 0 Å². The Labute approximate surface area is 169 Å². The summed E-state index contributed by atoms with van der Waals surface area (Å²) < 4.78 is 21.0. The second kappa shape index (κ2) is 9.45. The van der Waals surface area contributed by atoms with E-state index in [2.05, 4.69) is 5.16 Å². The van der Waals surface area contributed by atoms with Crippen molar-refractivity contribution < 1.29 is 28.3 Å². The third-order valence-electron chi connectivity index (χ3n) is 5.03. The van der Waals surface area contributed by atoms with Crippen LogP contribution in [-0.4, -0.2) is 55.8 Å². The second-order valence-electron chi connectivity index (χ2n) is 6.84. The molecule has 2 heterocycles. The van der Waals surface area contributed by atoms with Gasteiger partial charge >= 0.3 is 5.97 Å². The minimum absolute atomic E-state index is 0.0283. The van der Waals surface area contributed by atoms with Crippen LogP contribution in [-0.2, 0) is 20.7 Å². The van der Waals surface area contributed by atoms with Gasteiger partial charge in [-0.1, -0.05) is 5.16 Å². The van der Waals surface area contributed by atoms with E-state index in [-0.39, 0.29) is 24.2 Å². The maximum Gasteiger partial charge on any atom is 0.309 e. The molecule has 0 radical (unpaired) electrons. The van der Waals surface area contributed by atoms with Gasteiger partial charge in [-0.3, -0.25) is 9.59 Å². The minimum atomic E-state index is -0.171. The number of aromatic nitrogens is 1. The molecule has 1 fully saturated rings. The number of carbonyl (C=O) groups excluding carboxylic acids is 2. The first-order valence-corrected chi connectivity index (χ1v) is 9.68. The van der Waals surface area contributed by atoms with Crippen LogP contribution in [0.3, 0.4) is 0 Å². The largest absolute Gasteiger partial charge is 0.493 e. The van der Waals surface area contributed by atoms with Crippen LogP contribution in [0.5, 0.6) is 11.5 Å². The highest BCUT2D eigenvalue weighted by Crippen LogP contribution is 2.32. The van der Waals surface area contributed by atoms with Crippen molar-refractivity contribution in [2.24, 2.45) is 5.92 Å². The standard InChI is InChI=1S/C21H26N2O6/c1-4-28-21(25)14-7-9-23(10-8-14)20(24)13-16-12-18(29-22-16)15-5-6-17(26-2)19(11-15)27-3/h5-6,11-12,14H,4,7-10,13H2,1-3H3. The normalized spacial score (nSPS) is 14.5. The Balaban J connectivity index is 1.59. The lowest BCUT2D eigenvalue weighted by Crippen LogP contribution is -2.41. The van der Waals surface area contributed by atoms with Gasteiger partial charge in [-0.05, 0) is 38.0 Å². The second-order valence-corrected chi connectivity index (χ2v) is 6.84. The van der Waals surface area contributed by atoms with Gasteiger partial charge in [-0.15, -0.1) is 0 Å². The number of carbonyl (C=O) groups is 2. The summed E-state index contributed by atoms with van der Waals surface area (Å²) >= 11 is 0. The molecule has 29 heavy (non-hydrogen) atoms. The number of ether oxygens (including phenoxy) is 3. The number of hydrogen-bond donors (Lipinski definition) is 0. The molecule has 1 aliphatic rings. The summed E-state index contributed by atoms with van der Waals surface area (Å²) in [6.45, 7) is 3.27. The molecular weight excluding hydrogens is 376 g/mol. The Morgan fingerprint density at radius 1 is 1.14 bits per heavy atom. The summed E-state index contributed by atoms with van der Waals surface area (Å²) in [6.07, 6.45) is 1.40. The number of esters is 1. The molecule has 1 amide bonds. The predicted molar refractivity (Wildman–Crippen MR) is 105 cm³/mol. The molecule has 156 valence electrons. The van der Waals surface area contributed by atoms with Crippen LogP contribution in [0.2, 0.25) is 0 Å². The molecular formula is C21H26N2O6. The molecule has 8 nitrogen and oxygen atoms in total. The molecule has 8 heteroatoms. The molecule has 0 N–H and O–H groups in total. The molecule has 0 unspecified atom stereocenters. The molecule has 0 aliphatic carbocycles. The van der Waals surface area contributed by atoms with Crippen molar-refractivity contribution in [3.05, 3.63) is 30.0 Å². The average molecular weight is 402 g/mol. The summed E-state index contributed by atoms with van der Waals surface area (Å²) in [7, 11) is 3.14. The first kappa shape index (κ1) is 20.7. The van der Waals surface area contributed by atoms with Crippen LogP contribution in [0.25, 0.3) is 11.3 Å². The van der Waals surface area contributed by atoms with Gasteiger partial charge in [0.1, 0.15) is 0 Å². The van der Waals surface area contributed by atoms with E-state index in [0.717, 1.165) is 5.56 Å². The van der Waals surface area contributed by atoms with Crippen molar-refractivity contribution in [2.75, 3.05) is 33.9 Å². The third-order valence-corrected chi connectivity index (χ3v) is 5.03. The van der Waals surface area contributed by atoms with E-state index >= 15 is 0 Å². The zero-order chi connectivity index (χ0) is 20.8. The Morgan fingerprint density at radius 2 is 1.86 bits per heavy atom. The molecule has 0 spiro atoms. The number of nitrogens with zero attached hydrogens (tertiary/aromatic N) is 2. The van der Waals surface area contributed by atoms with E-state index in [4.69, 9.17) is 18.7 Å². The van der Waals surface area contributed by atoms with Crippen molar-refractivity contribution in [2.45, 2.75) is 26.2 Å².